The minimum atomic E-state index is -0.850. The number of hydrogen-bond acceptors (Lipinski definition) is 7. The van der Waals surface area contributed by atoms with Crippen LogP contribution in [0.25, 0.3) is 0 Å². The molecule has 1 aliphatic carbocycles. The van der Waals surface area contributed by atoms with E-state index in [0.717, 1.165) is 31.2 Å². The lowest BCUT2D eigenvalue weighted by Gasteiger charge is -2.26. The Morgan fingerprint density at radius 1 is 1.11 bits per heavy atom. The fourth-order valence-corrected chi connectivity index (χ4v) is 5.00. The second-order valence-corrected chi connectivity index (χ2v) is 10.7. The van der Waals surface area contributed by atoms with E-state index in [1.165, 1.54) is 0 Å². The molecule has 1 saturated carbocycles. The van der Waals surface area contributed by atoms with Crippen molar-refractivity contribution in [2.45, 2.75) is 83.4 Å². The number of amides is 2. The zero-order valence-electron chi connectivity index (χ0n) is 23.0. The summed E-state index contributed by atoms with van der Waals surface area (Å²) in [6, 6.07) is 5.90. The van der Waals surface area contributed by atoms with Crippen LogP contribution in [0.4, 0.5) is 0 Å². The molecular formula is C29H42N2O7. The molecule has 1 heterocycles. The zero-order valence-corrected chi connectivity index (χ0v) is 23.0. The van der Waals surface area contributed by atoms with Crippen molar-refractivity contribution in [3.05, 3.63) is 29.8 Å². The van der Waals surface area contributed by atoms with Crippen LogP contribution >= 0.6 is 0 Å². The Bertz CT molecular complexity index is 968. The van der Waals surface area contributed by atoms with Gasteiger partial charge >= 0.3 is 0 Å². The summed E-state index contributed by atoms with van der Waals surface area (Å²) >= 11 is 0. The van der Waals surface area contributed by atoms with E-state index in [4.69, 9.17) is 14.2 Å². The van der Waals surface area contributed by atoms with Gasteiger partial charge in [-0.15, -0.1) is 0 Å². The average molecular weight is 531 g/mol. The number of carbonyl (C=O) groups excluding carboxylic acids is 4. The van der Waals surface area contributed by atoms with Gasteiger partial charge in [0.1, 0.15) is 18.0 Å². The molecular weight excluding hydrogens is 488 g/mol. The number of benzene rings is 1. The first-order chi connectivity index (χ1) is 18.1. The number of carbonyl (C=O) groups is 4. The first kappa shape index (κ1) is 29.8. The van der Waals surface area contributed by atoms with Crippen molar-refractivity contribution in [1.82, 2.24) is 10.6 Å². The number of ether oxygens (including phenoxy) is 3. The maximum Gasteiger partial charge on any atom is 0.246 e. The third-order valence-electron chi connectivity index (χ3n) is 7.53. The van der Waals surface area contributed by atoms with Gasteiger partial charge < -0.3 is 24.8 Å². The summed E-state index contributed by atoms with van der Waals surface area (Å²) in [6.07, 6.45) is 5.17. The summed E-state index contributed by atoms with van der Waals surface area (Å²) in [5, 5.41) is 5.63. The molecule has 4 unspecified atom stereocenters. The standard InChI is InChI=1S/C29H42N2O7/c1-5-37-17-26(33)30-19(2)25(32)16-22(14-21-10-12-23(36-4)13-11-21)28(35)31-24(15-20-8-6-7-9-20)27(34)29(3)18-38-29/h10-13,19-20,22,24H,5-9,14-18H2,1-4H3,(H,30,33)(H,31,35). The average Bonchev–Trinajstić information content (AvgIpc) is 3.45. The van der Waals surface area contributed by atoms with Crippen LogP contribution in [0.5, 0.6) is 5.75 Å². The Labute approximate surface area is 225 Å². The Morgan fingerprint density at radius 3 is 2.34 bits per heavy atom. The highest BCUT2D eigenvalue weighted by molar-refractivity contribution is 5.98. The van der Waals surface area contributed by atoms with Gasteiger partial charge in [-0.3, -0.25) is 19.2 Å². The SMILES string of the molecule is CCOCC(=O)NC(C)C(=O)CC(Cc1ccc(OC)cc1)C(=O)NC(CC1CCCC1)C(=O)C1(C)CO1. The number of Topliss-reactive ketones (excluding diaryl/α,β-unsaturated/α-hetero) is 2. The van der Waals surface area contributed by atoms with Crippen molar-refractivity contribution in [3.63, 3.8) is 0 Å². The summed E-state index contributed by atoms with van der Waals surface area (Å²) in [4.78, 5) is 52.0. The van der Waals surface area contributed by atoms with Crippen molar-refractivity contribution in [1.29, 1.82) is 0 Å². The lowest BCUT2D eigenvalue weighted by molar-refractivity contribution is -0.135. The molecule has 0 radical (unpaired) electrons. The Hall–Kier alpha value is -2.78. The van der Waals surface area contributed by atoms with Gasteiger partial charge in [0.2, 0.25) is 11.8 Å². The van der Waals surface area contributed by atoms with E-state index in [2.05, 4.69) is 10.6 Å². The summed E-state index contributed by atoms with van der Waals surface area (Å²) < 4.78 is 15.7. The quantitative estimate of drug-likeness (QED) is 0.315. The number of ketones is 2. The molecule has 3 rings (SSSR count). The molecule has 1 aromatic rings. The zero-order chi connectivity index (χ0) is 27.7. The monoisotopic (exact) mass is 530 g/mol. The molecule has 2 aliphatic rings. The normalized spacial score (nSPS) is 21.3. The van der Waals surface area contributed by atoms with Crippen molar-refractivity contribution < 1.29 is 33.4 Å². The molecule has 38 heavy (non-hydrogen) atoms. The predicted molar refractivity (Wildman–Crippen MR) is 142 cm³/mol. The highest BCUT2D eigenvalue weighted by Crippen LogP contribution is 2.33. The van der Waals surface area contributed by atoms with E-state index in [9.17, 15) is 19.2 Å². The first-order valence-corrected chi connectivity index (χ1v) is 13.7. The number of nitrogens with one attached hydrogen (secondary N) is 2. The Kier molecular flexibility index (Phi) is 10.8. The van der Waals surface area contributed by atoms with Gasteiger partial charge in [0.15, 0.2) is 11.6 Å². The van der Waals surface area contributed by atoms with Crippen molar-refractivity contribution in [2.24, 2.45) is 11.8 Å². The molecule has 210 valence electrons. The minimum absolute atomic E-state index is 0.0773. The Balaban J connectivity index is 1.74. The molecule has 9 nitrogen and oxygen atoms in total. The van der Waals surface area contributed by atoms with E-state index in [-0.39, 0.29) is 36.4 Å². The predicted octanol–water partition coefficient (Wildman–Crippen LogP) is 2.78. The highest BCUT2D eigenvalue weighted by atomic mass is 16.6. The molecule has 2 N–H and O–H groups in total. The lowest BCUT2D eigenvalue weighted by atomic mass is 9.88. The molecule has 9 heteroatoms. The van der Waals surface area contributed by atoms with Gasteiger partial charge in [0.25, 0.3) is 0 Å². The van der Waals surface area contributed by atoms with Gasteiger partial charge in [-0.2, -0.15) is 0 Å². The molecule has 0 spiro atoms. The fourth-order valence-electron chi connectivity index (χ4n) is 5.00. The third kappa shape index (κ3) is 8.63. The summed E-state index contributed by atoms with van der Waals surface area (Å²) in [6.45, 7) is 5.76. The van der Waals surface area contributed by atoms with E-state index in [1.54, 1.807) is 40.0 Å². The third-order valence-corrected chi connectivity index (χ3v) is 7.53. The van der Waals surface area contributed by atoms with Crippen molar-refractivity contribution in [3.8, 4) is 5.75 Å². The topological polar surface area (TPSA) is 123 Å². The summed E-state index contributed by atoms with van der Waals surface area (Å²) in [5.74, 6) is -0.742. The highest BCUT2D eigenvalue weighted by Gasteiger charge is 2.50. The van der Waals surface area contributed by atoms with Gasteiger partial charge in [0.05, 0.1) is 25.8 Å². The number of epoxide rings is 1. The molecule has 0 bridgehead atoms. The number of methoxy groups -OCH3 is 1. The van der Waals surface area contributed by atoms with E-state index >= 15 is 0 Å². The molecule has 1 saturated heterocycles. The van der Waals surface area contributed by atoms with Gasteiger partial charge in [0, 0.05) is 18.9 Å². The van der Waals surface area contributed by atoms with Crippen LogP contribution in [-0.2, 0) is 35.1 Å². The number of rotatable bonds is 16. The van der Waals surface area contributed by atoms with Crippen LogP contribution in [-0.4, -0.2) is 68.0 Å². The van der Waals surface area contributed by atoms with Crippen molar-refractivity contribution in [2.75, 3.05) is 26.9 Å². The first-order valence-electron chi connectivity index (χ1n) is 13.7. The van der Waals surface area contributed by atoms with Crippen LogP contribution in [0.2, 0.25) is 0 Å². The molecule has 0 aromatic heterocycles. The minimum Gasteiger partial charge on any atom is -0.497 e. The van der Waals surface area contributed by atoms with E-state index in [1.807, 2.05) is 12.1 Å². The lowest BCUT2D eigenvalue weighted by Crippen LogP contribution is -2.49. The van der Waals surface area contributed by atoms with Crippen molar-refractivity contribution >= 4 is 23.4 Å². The van der Waals surface area contributed by atoms with Gasteiger partial charge in [-0.25, -0.2) is 0 Å². The molecule has 1 aliphatic heterocycles. The van der Waals surface area contributed by atoms with Crippen LogP contribution < -0.4 is 15.4 Å². The Morgan fingerprint density at radius 2 is 1.76 bits per heavy atom. The van der Waals surface area contributed by atoms with Gasteiger partial charge in [-0.1, -0.05) is 37.8 Å². The molecule has 2 fully saturated rings. The van der Waals surface area contributed by atoms with Crippen LogP contribution in [0, 0.1) is 11.8 Å². The van der Waals surface area contributed by atoms with Gasteiger partial charge in [-0.05, 0) is 57.2 Å². The molecule has 4 atom stereocenters. The summed E-state index contributed by atoms with van der Waals surface area (Å²) in [7, 11) is 1.58. The second-order valence-electron chi connectivity index (χ2n) is 10.7. The number of hydrogen-bond donors (Lipinski definition) is 2. The maximum absolute atomic E-state index is 13.6. The smallest absolute Gasteiger partial charge is 0.246 e. The molecule has 1 aromatic carbocycles. The van der Waals surface area contributed by atoms with Crippen LogP contribution in [0.15, 0.2) is 24.3 Å². The van der Waals surface area contributed by atoms with Crippen LogP contribution in [0.1, 0.15) is 64.9 Å². The van der Waals surface area contributed by atoms with Crippen LogP contribution in [0.3, 0.4) is 0 Å². The maximum atomic E-state index is 13.6. The fraction of sp³-hybridized carbons (Fsp3) is 0.655. The van der Waals surface area contributed by atoms with E-state index in [0.29, 0.717) is 37.7 Å². The van der Waals surface area contributed by atoms with E-state index < -0.39 is 23.6 Å². The second kappa shape index (κ2) is 13.8. The summed E-state index contributed by atoms with van der Waals surface area (Å²) in [5.41, 5.74) is 0.0138. The molecule has 2 amide bonds. The largest absolute Gasteiger partial charge is 0.497 e.